The van der Waals surface area contributed by atoms with Crippen molar-refractivity contribution in [3.8, 4) is 5.75 Å². The lowest BCUT2D eigenvalue weighted by Gasteiger charge is -2.42. The van der Waals surface area contributed by atoms with Gasteiger partial charge in [0.2, 0.25) is 10.9 Å². The Morgan fingerprint density at radius 2 is 1.72 bits per heavy atom. The minimum absolute atomic E-state index is 0.102. The summed E-state index contributed by atoms with van der Waals surface area (Å²) >= 11 is 5.72. The number of hydrogen-bond donors (Lipinski definition) is 1. The molecule has 3 fully saturated rings. The standard InChI is InChI=1S/C34H44ClF4N3O4/c1-32(2,3)42-18-28(21-5-8-25(46-4)9-6-21)33(36,20-42)31(45)41-16-23(19-43)27(17-41)26-10-7-24(34(37,38)39)15-29(26)40-13-11-22(12-14-40)30(35)44/h5-10,15,22-23,26-29,43H,11-14,16-20H2,1-4H3/t23-,26?,27-,28+,29?,33+/m1/s1. The monoisotopic (exact) mass is 669 g/mol. The number of amides is 1. The molecular formula is C34H44ClF4N3O4. The van der Waals surface area contributed by atoms with E-state index in [0.29, 0.717) is 43.8 Å². The van der Waals surface area contributed by atoms with Gasteiger partial charge in [-0.15, -0.1) is 0 Å². The van der Waals surface area contributed by atoms with Crippen molar-refractivity contribution in [2.45, 2.75) is 63.0 Å². The van der Waals surface area contributed by atoms with Crippen molar-refractivity contribution < 1.29 is 37.0 Å². The molecule has 1 aromatic carbocycles. The van der Waals surface area contributed by atoms with Crippen LogP contribution in [-0.4, -0.2) is 107 Å². The molecule has 0 radical (unpaired) electrons. The van der Waals surface area contributed by atoms with Crippen LogP contribution in [-0.2, 0) is 9.59 Å². The van der Waals surface area contributed by atoms with Gasteiger partial charge in [0, 0.05) is 68.0 Å². The third kappa shape index (κ3) is 6.89. The molecule has 3 heterocycles. The average Bonchev–Trinajstić information content (AvgIpc) is 3.62. The van der Waals surface area contributed by atoms with Crippen LogP contribution in [0.25, 0.3) is 0 Å². The van der Waals surface area contributed by atoms with E-state index < -0.39 is 63.8 Å². The van der Waals surface area contributed by atoms with Crippen molar-refractivity contribution in [1.82, 2.24) is 14.7 Å². The zero-order chi connectivity index (χ0) is 33.6. The Labute approximate surface area is 273 Å². The molecule has 0 saturated carbocycles. The molecule has 1 N–H and O–H groups in total. The Morgan fingerprint density at radius 3 is 2.26 bits per heavy atom. The van der Waals surface area contributed by atoms with Crippen LogP contribution in [0.1, 0.15) is 45.1 Å². The Morgan fingerprint density at radius 1 is 1.07 bits per heavy atom. The van der Waals surface area contributed by atoms with Gasteiger partial charge in [0.1, 0.15) is 5.75 Å². The van der Waals surface area contributed by atoms with Crippen molar-refractivity contribution in [3.63, 3.8) is 0 Å². The number of benzene rings is 1. The quantitative estimate of drug-likeness (QED) is 0.319. The smallest absolute Gasteiger partial charge is 0.416 e. The van der Waals surface area contributed by atoms with E-state index in [1.807, 2.05) is 30.6 Å². The number of methoxy groups -OCH3 is 1. The van der Waals surface area contributed by atoms with Crippen molar-refractivity contribution in [2.24, 2.45) is 23.7 Å². The van der Waals surface area contributed by atoms with E-state index >= 15 is 4.39 Å². The lowest BCUT2D eigenvalue weighted by atomic mass is 9.75. The van der Waals surface area contributed by atoms with Gasteiger partial charge in [-0.1, -0.05) is 30.4 Å². The van der Waals surface area contributed by atoms with Crippen molar-refractivity contribution in [2.75, 3.05) is 53.0 Å². The Balaban J connectivity index is 1.42. The maximum atomic E-state index is 17.4. The molecule has 0 aromatic heterocycles. The average molecular weight is 670 g/mol. The minimum Gasteiger partial charge on any atom is -0.497 e. The number of allylic oxidation sites excluding steroid dienone is 2. The topological polar surface area (TPSA) is 73.3 Å². The summed E-state index contributed by atoms with van der Waals surface area (Å²) in [5.74, 6) is -2.46. The molecule has 7 nitrogen and oxygen atoms in total. The second-order valence-electron chi connectivity index (χ2n) is 14.2. The van der Waals surface area contributed by atoms with Crippen molar-refractivity contribution in [3.05, 3.63) is 53.6 Å². The SMILES string of the molecule is COc1ccc([C@@H]2CN(C(C)(C)C)C[C@@]2(F)C(=O)N2C[C@H](CO)[C@H](C3C=CC(C(F)(F)F)=CC3N3CCC(C(=O)Cl)CC3)C2)cc1. The van der Waals surface area contributed by atoms with E-state index in [9.17, 15) is 27.9 Å². The second kappa shape index (κ2) is 13.2. The first kappa shape index (κ1) is 34.9. The lowest BCUT2D eigenvalue weighted by Crippen LogP contribution is -2.51. The molecule has 46 heavy (non-hydrogen) atoms. The van der Waals surface area contributed by atoms with E-state index in [1.54, 1.807) is 31.4 Å². The fraction of sp³-hybridized carbons (Fsp3) is 0.647. The van der Waals surface area contributed by atoms with Gasteiger partial charge in [0.05, 0.1) is 12.7 Å². The number of carbonyl (C=O) groups is 2. The van der Waals surface area contributed by atoms with Gasteiger partial charge in [-0.2, -0.15) is 13.2 Å². The Bertz CT molecular complexity index is 1340. The highest BCUT2D eigenvalue weighted by molar-refractivity contribution is 6.64. The normalized spacial score (nSPS) is 31.7. The number of piperidine rings is 1. The second-order valence-corrected chi connectivity index (χ2v) is 14.6. The molecule has 6 atom stereocenters. The molecule has 1 aromatic rings. The summed E-state index contributed by atoms with van der Waals surface area (Å²) < 4.78 is 64.3. The Hall–Kier alpha value is -2.47. The lowest BCUT2D eigenvalue weighted by molar-refractivity contribution is -0.143. The van der Waals surface area contributed by atoms with Crippen LogP contribution in [0, 0.1) is 23.7 Å². The number of likely N-dealkylation sites (tertiary alicyclic amines) is 3. The number of rotatable bonds is 7. The number of nitrogens with zero attached hydrogens (tertiary/aromatic N) is 3. The van der Waals surface area contributed by atoms with Crippen molar-refractivity contribution >= 4 is 22.8 Å². The zero-order valence-corrected chi connectivity index (χ0v) is 27.5. The minimum atomic E-state index is -4.54. The van der Waals surface area contributed by atoms with Gasteiger partial charge in [-0.25, -0.2) is 4.39 Å². The summed E-state index contributed by atoms with van der Waals surface area (Å²) in [6.45, 7) is 6.86. The van der Waals surface area contributed by atoms with E-state index in [-0.39, 0.29) is 32.2 Å². The molecule has 5 rings (SSSR count). The highest BCUT2D eigenvalue weighted by atomic mass is 35.5. The molecule has 1 aliphatic carbocycles. The molecule has 12 heteroatoms. The summed E-state index contributed by atoms with van der Waals surface area (Å²) in [6, 6.07) is 6.39. The molecule has 3 saturated heterocycles. The van der Waals surface area contributed by atoms with Crippen LogP contribution >= 0.6 is 11.6 Å². The van der Waals surface area contributed by atoms with E-state index in [4.69, 9.17) is 16.3 Å². The molecule has 3 aliphatic heterocycles. The predicted molar refractivity (Wildman–Crippen MR) is 167 cm³/mol. The van der Waals surface area contributed by atoms with Gasteiger partial charge >= 0.3 is 6.18 Å². The zero-order valence-electron chi connectivity index (χ0n) is 26.8. The highest BCUT2D eigenvalue weighted by Gasteiger charge is 2.58. The Kier molecular flexibility index (Phi) is 10.0. The molecule has 1 amide bonds. The largest absolute Gasteiger partial charge is 0.497 e. The number of aliphatic hydroxyl groups excluding tert-OH is 1. The summed E-state index contributed by atoms with van der Waals surface area (Å²) in [5, 5.41) is 10.0. The third-order valence-electron chi connectivity index (χ3n) is 10.5. The summed E-state index contributed by atoms with van der Waals surface area (Å²) in [6.07, 6.45) is 0.159. The van der Waals surface area contributed by atoms with E-state index in [0.717, 1.165) is 6.08 Å². The summed E-state index contributed by atoms with van der Waals surface area (Å²) in [4.78, 5) is 31.4. The molecular weight excluding hydrogens is 626 g/mol. The molecule has 4 aliphatic rings. The maximum Gasteiger partial charge on any atom is 0.416 e. The number of alkyl halides is 4. The molecule has 0 bridgehead atoms. The number of aliphatic hydroxyl groups is 1. The van der Waals surface area contributed by atoms with Gasteiger partial charge in [-0.3, -0.25) is 19.4 Å². The molecule has 0 spiro atoms. The number of carbonyl (C=O) groups excluding carboxylic acids is 2. The molecule has 2 unspecified atom stereocenters. The first-order chi connectivity index (χ1) is 21.6. The van der Waals surface area contributed by atoms with Gasteiger partial charge in [0.15, 0.2) is 0 Å². The first-order valence-electron chi connectivity index (χ1n) is 16.0. The molecule has 254 valence electrons. The van der Waals surface area contributed by atoms with Gasteiger partial charge in [0.25, 0.3) is 5.91 Å². The van der Waals surface area contributed by atoms with E-state index in [2.05, 4.69) is 0 Å². The number of halogens is 5. The first-order valence-corrected chi connectivity index (χ1v) is 16.3. The number of hydrogen-bond acceptors (Lipinski definition) is 6. The van der Waals surface area contributed by atoms with Crippen molar-refractivity contribution in [1.29, 1.82) is 0 Å². The van der Waals surface area contributed by atoms with Gasteiger partial charge in [-0.05, 0) is 81.9 Å². The van der Waals surface area contributed by atoms with Crippen LogP contribution in [0.3, 0.4) is 0 Å². The third-order valence-corrected chi connectivity index (χ3v) is 10.9. The fourth-order valence-electron chi connectivity index (χ4n) is 7.74. The van der Waals surface area contributed by atoms with E-state index in [1.165, 1.54) is 17.1 Å². The van der Waals surface area contributed by atoms with Crippen LogP contribution in [0.2, 0.25) is 0 Å². The van der Waals surface area contributed by atoms with Crippen LogP contribution in [0.5, 0.6) is 5.75 Å². The summed E-state index contributed by atoms with van der Waals surface area (Å²) in [5.41, 5.74) is -2.73. The van der Waals surface area contributed by atoms with Crippen LogP contribution in [0.15, 0.2) is 48.1 Å². The predicted octanol–water partition coefficient (Wildman–Crippen LogP) is 5.19. The van der Waals surface area contributed by atoms with Crippen LogP contribution < -0.4 is 4.74 Å². The maximum absolute atomic E-state index is 17.4. The number of ether oxygens (including phenoxy) is 1. The van der Waals surface area contributed by atoms with Crippen LogP contribution in [0.4, 0.5) is 17.6 Å². The highest BCUT2D eigenvalue weighted by Crippen LogP contribution is 2.46. The van der Waals surface area contributed by atoms with Gasteiger partial charge < -0.3 is 14.7 Å². The summed E-state index contributed by atoms with van der Waals surface area (Å²) in [7, 11) is 1.55. The fourth-order valence-corrected chi connectivity index (χ4v) is 7.96.